The lowest BCUT2D eigenvalue weighted by Crippen LogP contribution is -2.36. The quantitative estimate of drug-likeness (QED) is 0.682. The second-order valence-electron chi connectivity index (χ2n) is 4.35. The van der Waals surface area contributed by atoms with E-state index in [1.165, 1.54) is 12.8 Å². The minimum atomic E-state index is -0.821. The van der Waals surface area contributed by atoms with Crippen molar-refractivity contribution in [1.29, 1.82) is 0 Å². The molecule has 1 heterocycles. The van der Waals surface area contributed by atoms with Crippen LogP contribution in [0.2, 0.25) is 0 Å². The Kier molecular flexibility index (Phi) is 2.28. The fourth-order valence-corrected chi connectivity index (χ4v) is 2.20. The van der Waals surface area contributed by atoms with Gasteiger partial charge in [0.25, 0.3) is 5.91 Å². The van der Waals surface area contributed by atoms with Gasteiger partial charge in [0.1, 0.15) is 6.10 Å². The average molecular weight is 183 g/mol. The number of aliphatic hydroxyl groups excluding tert-OH is 1. The number of hydrogen-bond acceptors (Lipinski definition) is 2. The van der Waals surface area contributed by atoms with Crippen LogP contribution in [-0.4, -0.2) is 35.1 Å². The van der Waals surface area contributed by atoms with Crippen molar-refractivity contribution >= 4 is 5.91 Å². The number of aliphatic hydroxyl groups is 1. The SMILES string of the molecule is C[C@@H](O)C(=O)N1CCC(C2CC2)C1. The first-order valence-electron chi connectivity index (χ1n) is 5.15. The number of amides is 1. The van der Waals surface area contributed by atoms with Crippen LogP contribution in [0.25, 0.3) is 0 Å². The molecular weight excluding hydrogens is 166 g/mol. The van der Waals surface area contributed by atoms with Gasteiger partial charge in [0.15, 0.2) is 0 Å². The smallest absolute Gasteiger partial charge is 0.251 e. The maximum atomic E-state index is 11.4. The first-order chi connectivity index (χ1) is 6.18. The summed E-state index contributed by atoms with van der Waals surface area (Å²) in [4.78, 5) is 13.2. The zero-order valence-electron chi connectivity index (χ0n) is 8.07. The summed E-state index contributed by atoms with van der Waals surface area (Å²) in [7, 11) is 0. The topological polar surface area (TPSA) is 40.5 Å². The number of likely N-dealkylation sites (tertiary alicyclic amines) is 1. The molecule has 74 valence electrons. The van der Waals surface area contributed by atoms with Gasteiger partial charge in [-0.3, -0.25) is 4.79 Å². The Balaban J connectivity index is 1.86. The van der Waals surface area contributed by atoms with Gasteiger partial charge in [-0.15, -0.1) is 0 Å². The van der Waals surface area contributed by atoms with Crippen molar-refractivity contribution in [3.63, 3.8) is 0 Å². The molecule has 1 saturated carbocycles. The third-order valence-corrected chi connectivity index (χ3v) is 3.18. The number of rotatable bonds is 2. The Hall–Kier alpha value is -0.570. The van der Waals surface area contributed by atoms with Crippen molar-refractivity contribution in [2.75, 3.05) is 13.1 Å². The van der Waals surface area contributed by atoms with Gasteiger partial charge < -0.3 is 10.0 Å². The van der Waals surface area contributed by atoms with E-state index in [0.29, 0.717) is 0 Å². The van der Waals surface area contributed by atoms with Crippen LogP contribution in [-0.2, 0) is 4.79 Å². The summed E-state index contributed by atoms with van der Waals surface area (Å²) in [5.41, 5.74) is 0. The first-order valence-corrected chi connectivity index (χ1v) is 5.15. The van der Waals surface area contributed by atoms with Gasteiger partial charge in [0.2, 0.25) is 0 Å². The van der Waals surface area contributed by atoms with E-state index in [0.717, 1.165) is 31.3 Å². The van der Waals surface area contributed by atoms with Crippen molar-refractivity contribution in [2.45, 2.75) is 32.3 Å². The Labute approximate surface area is 78.7 Å². The highest BCUT2D eigenvalue weighted by atomic mass is 16.3. The highest BCUT2D eigenvalue weighted by molar-refractivity contribution is 5.80. The molecule has 2 aliphatic rings. The summed E-state index contributed by atoms with van der Waals surface area (Å²) >= 11 is 0. The van der Waals surface area contributed by atoms with Crippen molar-refractivity contribution in [2.24, 2.45) is 11.8 Å². The molecule has 0 bridgehead atoms. The van der Waals surface area contributed by atoms with Gasteiger partial charge in [-0.25, -0.2) is 0 Å². The van der Waals surface area contributed by atoms with E-state index in [1.807, 2.05) is 4.90 Å². The van der Waals surface area contributed by atoms with Crippen LogP contribution in [0.15, 0.2) is 0 Å². The van der Waals surface area contributed by atoms with Crippen LogP contribution >= 0.6 is 0 Å². The van der Waals surface area contributed by atoms with E-state index in [2.05, 4.69) is 0 Å². The zero-order chi connectivity index (χ0) is 9.42. The summed E-state index contributed by atoms with van der Waals surface area (Å²) in [5, 5.41) is 9.13. The molecule has 2 rings (SSSR count). The molecule has 0 spiro atoms. The normalized spacial score (nSPS) is 30.6. The minimum absolute atomic E-state index is 0.0943. The predicted molar refractivity (Wildman–Crippen MR) is 49.1 cm³/mol. The largest absolute Gasteiger partial charge is 0.384 e. The summed E-state index contributed by atoms with van der Waals surface area (Å²) in [5.74, 6) is 1.51. The number of carbonyl (C=O) groups excluding carboxylic acids is 1. The van der Waals surface area contributed by atoms with Crippen LogP contribution in [0.1, 0.15) is 26.2 Å². The fraction of sp³-hybridized carbons (Fsp3) is 0.900. The standard InChI is InChI=1S/C10H17NO2/c1-7(12)10(13)11-5-4-9(6-11)8-2-3-8/h7-9,12H,2-6H2,1H3/t7-,9?/m1/s1. The summed E-state index contributed by atoms with van der Waals surface area (Å²) in [6.45, 7) is 3.28. The molecule has 3 nitrogen and oxygen atoms in total. The van der Waals surface area contributed by atoms with E-state index >= 15 is 0 Å². The van der Waals surface area contributed by atoms with E-state index in [9.17, 15) is 4.79 Å². The minimum Gasteiger partial charge on any atom is -0.384 e. The van der Waals surface area contributed by atoms with Gasteiger partial charge in [-0.1, -0.05) is 0 Å². The molecular formula is C10H17NO2. The molecule has 1 saturated heterocycles. The number of nitrogens with zero attached hydrogens (tertiary/aromatic N) is 1. The number of hydrogen-bond donors (Lipinski definition) is 1. The molecule has 1 aliphatic heterocycles. The van der Waals surface area contributed by atoms with Crippen LogP contribution in [0, 0.1) is 11.8 Å². The molecule has 13 heavy (non-hydrogen) atoms. The molecule has 1 unspecified atom stereocenters. The predicted octanol–water partition coefficient (Wildman–Crippen LogP) is 0.626. The maximum Gasteiger partial charge on any atom is 0.251 e. The summed E-state index contributed by atoms with van der Waals surface area (Å²) in [6, 6.07) is 0. The van der Waals surface area contributed by atoms with E-state index in [1.54, 1.807) is 6.92 Å². The molecule has 0 aromatic heterocycles. The highest BCUT2D eigenvalue weighted by Crippen LogP contribution is 2.41. The molecule has 0 aromatic rings. The van der Waals surface area contributed by atoms with Gasteiger partial charge in [-0.05, 0) is 38.0 Å². The molecule has 3 heteroatoms. The Morgan fingerprint density at radius 1 is 1.38 bits per heavy atom. The van der Waals surface area contributed by atoms with Gasteiger partial charge >= 0.3 is 0 Å². The summed E-state index contributed by atoms with van der Waals surface area (Å²) in [6.07, 6.45) is 3.02. The van der Waals surface area contributed by atoms with E-state index in [-0.39, 0.29) is 5.91 Å². The lowest BCUT2D eigenvalue weighted by molar-refractivity contribution is -0.138. The van der Waals surface area contributed by atoms with Gasteiger partial charge in [-0.2, -0.15) is 0 Å². The maximum absolute atomic E-state index is 11.4. The highest BCUT2D eigenvalue weighted by Gasteiger charge is 2.37. The van der Waals surface area contributed by atoms with Crippen molar-refractivity contribution in [3.8, 4) is 0 Å². The van der Waals surface area contributed by atoms with Crippen LogP contribution in [0.5, 0.6) is 0 Å². The molecule has 1 aliphatic carbocycles. The second-order valence-corrected chi connectivity index (χ2v) is 4.35. The van der Waals surface area contributed by atoms with Crippen molar-refractivity contribution in [3.05, 3.63) is 0 Å². The molecule has 1 N–H and O–H groups in total. The second kappa shape index (κ2) is 3.29. The monoisotopic (exact) mass is 183 g/mol. The van der Waals surface area contributed by atoms with Crippen molar-refractivity contribution in [1.82, 2.24) is 4.90 Å². The first kappa shape index (κ1) is 9.00. The Morgan fingerprint density at radius 2 is 2.08 bits per heavy atom. The third-order valence-electron chi connectivity index (χ3n) is 3.18. The lowest BCUT2D eigenvalue weighted by Gasteiger charge is -2.17. The third kappa shape index (κ3) is 1.85. The average Bonchev–Trinajstić information content (AvgIpc) is 2.83. The Bertz CT molecular complexity index is 211. The Morgan fingerprint density at radius 3 is 2.62 bits per heavy atom. The molecule has 2 atom stereocenters. The van der Waals surface area contributed by atoms with E-state index in [4.69, 9.17) is 5.11 Å². The molecule has 0 aromatic carbocycles. The number of carbonyl (C=O) groups is 1. The molecule has 1 amide bonds. The van der Waals surface area contributed by atoms with Gasteiger partial charge in [0.05, 0.1) is 0 Å². The summed E-state index contributed by atoms with van der Waals surface area (Å²) < 4.78 is 0. The van der Waals surface area contributed by atoms with Crippen LogP contribution in [0.3, 0.4) is 0 Å². The fourth-order valence-electron chi connectivity index (χ4n) is 2.20. The van der Waals surface area contributed by atoms with Gasteiger partial charge in [0, 0.05) is 13.1 Å². The zero-order valence-corrected chi connectivity index (χ0v) is 8.07. The van der Waals surface area contributed by atoms with Crippen molar-refractivity contribution < 1.29 is 9.90 Å². The van der Waals surface area contributed by atoms with Crippen LogP contribution in [0.4, 0.5) is 0 Å². The lowest BCUT2D eigenvalue weighted by atomic mass is 10.0. The van der Waals surface area contributed by atoms with E-state index < -0.39 is 6.10 Å². The molecule has 2 fully saturated rings. The molecule has 0 radical (unpaired) electrons. The van der Waals surface area contributed by atoms with Crippen LogP contribution < -0.4 is 0 Å².